The van der Waals surface area contributed by atoms with Crippen LogP contribution in [0.2, 0.25) is 0 Å². The van der Waals surface area contributed by atoms with Gasteiger partial charge in [-0.15, -0.1) is 0 Å². The number of halogens is 1. The summed E-state index contributed by atoms with van der Waals surface area (Å²) in [5.41, 5.74) is 3.90. The van der Waals surface area contributed by atoms with Gasteiger partial charge in [-0.2, -0.15) is 0 Å². The lowest BCUT2D eigenvalue weighted by Crippen LogP contribution is -2.08. The van der Waals surface area contributed by atoms with Crippen LogP contribution in [0.5, 0.6) is 0 Å². The van der Waals surface area contributed by atoms with E-state index in [1.165, 1.54) is 6.07 Å². The van der Waals surface area contributed by atoms with Crippen LogP contribution in [-0.2, 0) is 18.0 Å². The zero-order valence-corrected chi connectivity index (χ0v) is 9.77. The largest absolute Gasteiger partial charge is 0.372 e. The molecule has 0 aliphatic carbocycles. The molecule has 18 heavy (non-hydrogen) atoms. The summed E-state index contributed by atoms with van der Waals surface area (Å²) in [5, 5.41) is 0. The van der Waals surface area contributed by atoms with Gasteiger partial charge in [0.1, 0.15) is 11.6 Å². The highest BCUT2D eigenvalue weighted by atomic mass is 19.1. The van der Waals surface area contributed by atoms with Gasteiger partial charge in [0.05, 0.1) is 13.2 Å². The third-order valence-electron chi connectivity index (χ3n) is 2.46. The second-order valence-electron chi connectivity index (χ2n) is 3.78. The fraction of sp³-hybridized carbons (Fsp3) is 0.154. The number of ether oxygens (including phenoxy) is 1. The second kappa shape index (κ2) is 6.09. The number of hydrazine groups is 1. The molecule has 0 atom stereocenters. The quantitative estimate of drug-likeness (QED) is 0.628. The fourth-order valence-corrected chi connectivity index (χ4v) is 1.49. The van der Waals surface area contributed by atoms with Crippen LogP contribution in [0, 0.1) is 5.82 Å². The van der Waals surface area contributed by atoms with Crippen LogP contribution < -0.4 is 11.3 Å². The zero-order valence-electron chi connectivity index (χ0n) is 9.77. The maximum Gasteiger partial charge on any atom is 0.139 e. The second-order valence-corrected chi connectivity index (χ2v) is 3.78. The number of nitrogens with one attached hydrogen (secondary N) is 1. The summed E-state index contributed by atoms with van der Waals surface area (Å²) in [6.07, 6.45) is 1.66. The number of nitrogen functional groups attached to an aromatic ring is 1. The van der Waals surface area contributed by atoms with Crippen LogP contribution in [0.4, 0.5) is 10.2 Å². The molecule has 0 radical (unpaired) electrons. The van der Waals surface area contributed by atoms with Crippen LogP contribution in [0.1, 0.15) is 11.1 Å². The van der Waals surface area contributed by atoms with Crippen molar-refractivity contribution < 1.29 is 9.13 Å². The first-order valence-electron chi connectivity index (χ1n) is 5.52. The van der Waals surface area contributed by atoms with Gasteiger partial charge in [0.2, 0.25) is 0 Å². The predicted octanol–water partition coefficient (Wildman–Crippen LogP) is 2.22. The highest BCUT2D eigenvalue weighted by molar-refractivity contribution is 5.33. The molecule has 0 bridgehead atoms. The molecule has 0 saturated heterocycles. The van der Waals surface area contributed by atoms with E-state index in [9.17, 15) is 4.39 Å². The molecule has 3 N–H and O–H groups in total. The molecule has 2 aromatic rings. The Morgan fingerprint density at radius 3 is 2.67 bits per heavy atom. The Kier molecular flexibility index (Phi) is 4.22. The first-order chi connectivity index (χ1) is 8.79. The minimum atomic E-state index is -0.252. The summed E-state index contributed by atoms with van der Waals surface area (Å²) in [7, 11) is 0. The van der Waals surface area contributed by atoms with Crippen LogP contribution in [0.15, 0.2) is 42.6 Å². The van der Waals surface area contributed by atoms with Crippen molar-refractivity contribution in [2.24, 2.45) is 5.84 Å². The standard InChI is InChI=1S/C13H14FN3O/c14-12-4-2-1-3-11(12)9-18-8-10-5-6-13(17-15)16-7-10/h1-7H,8-9,15H2,(H,16,17). The summed E-state index contributed by atoms with van der Waals surface area (Å²) < 4.78 is 18.7. The highest BCUT2D eigenvalue weighted by Crippen LogP contribution is 2.10. The van der Waals surface area contributed by atoms with Crippen LogP contribution in [0.25, 0.3) is 0 Å². The van der Waals surface area contributed by atoms with Crippen molar-refractivity contribution >= 4 is 5.82 Å². The Bertz CT molecular complexity index is 502. The topological polar surface area (TPSA) is 60.2 Å². The van der Waals surface area contributed by atoms with Crippen LogP contribution in [-0.4, -0.2) is 4.98 Å². The Balaban J connectivity index is 1.86. The normalized spacial score (nSPS) is 10.3. The van der Waals surface area contributed by atoms with Crippen molar-refractivity contribution in [3.05, 3.63) is 59.5 Å². The van der Waals surface area contributed by atoms with Crippen molar-refractivity contribution in [1.29, 1.82) is 0 Å². The van der Waals surface area contributed by atoms with E-state index < -0.39 is 0 Å². The smallest absolute Gasteiger partial charge is 0.139 e. The molecule has 0 saturated carbocycles. The van der Waals surface area contributed by atoms with E-state index in [4.69, 9.17) is 10.6 Å². The molecule has 1 aromatic carbocycles. The molecular formula is C13H14FN3O. The lowest BCUT2D eigenvalue weighted by Gasteiger charge is -2.06. The van der Waals surface area contributed by atoms with Gasteiger partial charge < -0.3 is 10.2 Å². The maximum atomic E-state index is 13.3. The fourth-order valence-electron chi connectivity index (χ4n) is 1.49. The molecule has 1 aromatic heterocycles. The van der Waals surface area contributed by atoms with Gasteiger partial charge >= 0.3 is 0 Å². The molecule has 0 aliphatic rings. The van der Waals surface area contributed by atoms with Crippen molar-refractivity contribution in [2.45, 2.75) is 13.2 Å². The highest BCUT2D eigenvalue weighted by Gasteiger charge is 2.01. The summed E-state index contributed by atoms with van der Waals surface area (Å²) in [4.78, 5) is 4.05. The number of hydrogen-bond acceptors (Lipinski definition) is 4. The molecule has 0 unspecified atom stereocenters. The van der Waals surface area contributed by atoms with Gasteiger partial charge in [-0.3, -0.25) is 0 Å². The monoisotopic (exact) mass is 247 g/mol. The molecule has 0 aliphatic heterocycles. The number of hydrogen-bond donors (Lipinski definition) is 2. The van der Waals surface area contributed by atoms with Gasteiger partial charge in [-0.25, -0.2) is 15.2 Å². The molecule has 2 rings (SSSR count). The molecule has 94 valence electrons. The molecule has 0 spiro atoms. The molecule has 0 fully saturated rings. The van der Waals surface area contributed by atoms with Crippen molar-refractivity contribution in [2.75, 3.05) is 5.43 Å². The molecule has 5 heteroatoms. The Hall–Kier alpha value is -1.98. The van der Waals surface area contributed by atoms with E-state index in [-0.39, 0.29) is 12.4 Å². The Morgan fingerprint density at radius 2 is 2.00 bits per heavy atom. The first-order valence-corrected chi connectivity index (χ1v) is 5.52. The zero-order chi connectivity index (χ0) is 12.8. The van der Waals surface area contributed by atoms with Crippen LogP contribution in [0.3, 0.4) is 0 Å². The Morgan fingerprint density at radius 1 is 1.17 bits per heavy atom. The van der Waals surface area contributed by atoms with E-state index in [2.05, 4.69) is 10.4 Å². The van der Waals surface area contributed by atoms with E-state index >= 15 is 0 Å². The van der Waals surface area contributed by atoms with E-state index in [0.717, 1.165) is 5.56 Å². The van der Waals surface area contributed by atoms with E-state index in [1.54, 1.807) is 30.5 Å². The van der Waals surface area contributed by atoms with Gasteiger partial charge in [0.25, 0.3) is 0 Å². The lowest BCUT2D eigenvalue weighted by atomic mass is 10.2. The average molecular weight is 247 g/mol. The number of aromatic nitrogens is 1. The lowest BCUT2D eigenvalue weighted by molar-refractivity contribution is 0.104. The minimum Gasteiger partial charge on any atom is -0.372 e. The maximum absolute atomic E-state index is 13.3. The number of nitrogens with zero attached hydrogens (tertiary/aromatic N) is 1. The van der Waals surface area contributed by atoms with Gasteiger partial charge in [0.15, 0.2) is 0 Å². The SMILES string of the molecule is NNc1ccc(COCc2ccccc2F)cn1. The van der Waals surface area contributed by atoms with Gasteiger partial charge in [0, 0.05) is 11.8 Å². The van der Waals surface area contributed by atoms with E-state index in [0.29, 0.717) is 18.0 Å². The molecule has 4 nitrogen and oxygen atoms in total. The third kappa shape index (κ3) is 3.26. The predicted molar refractivity (Wildman–Crippen MR) is 66.9 cm³/mol. The summed E-state index contributed by atoms with van der Waals surface area (Å²) >= 11 is 0. The van der Waals surface area contributed by atoms with Crippen molar-refractivity contribution in [3.63, 3.8) is 0 Å². The number of rotatable bonds is 5. The van der Waals surface area contributed by atoms with Crippen molar-refractivity contribution in [3.8, 4) is 0 Å². The summed E-state index contributed by atoms with van der Waals surface area (Å²) in [6, 6.07) is 10.2. The van der Waals surface area contributed by atoms with E-state index in [1.807, 2.05) is 6.07 Å². The summed E-state index contributed by atoms with van der Waals surface area (Å²) in [6.45, 7) is 0.621. The number of nitrogens with two attached hydrogens (primary N) is 1. The van der Waals surface area contributed by atoms with Crippen LogP contribution >= 0.6 is 0 Å². The van der Waals surface area contributed by atoms with Gasteiger partial charge in [-0.1, -0.05) is 24.3 Å². The first kappa shape index (κ1) is 12.5. The number of benzene rings is 1. The minimum absolute atomic E-state index is 0.240. The number of pyridine rings is 1. The Labute approximate surface area is 105 Å². The molecular weight excluding hydrogens is 233 g/mol. The third-order valence-corrected chi connectivity index (χ3v) is 2.46. The average Bonchev–Trinajstić information content (AvgIpc) is 2.42. The number of anilines is 1. The molecule has 1 heterocycles. The van der Waals surface area contributed by atoms with Gasteiger partial charge in [-0.05, 0) is 17.7 Å². The van der Waals surface area contributed by atoms with Crippen molar-refractivity contribution in [1.82, 2.24) is 4.98 Å². The molecule has 0 amide bonds. The summed E-state index contributed by atoms with van der Waals surface area (Å²) in [5.74, 6) is 5.55.